The lowest BCUT2D eigenvalue weighted by atomic mass is 10.2. The summed E-state index contributed by atoms with van der Waals surface area (Å²) >= 11 is 0. The SMILES string of the molecule is Cc1nccc(N2CCN(CCn3nc(-c4ccncc4)ccc3=O)CC2)n1. The first-order chi connectivity index (χ1) is 13.7. The molecule has 28 heavy (non-hydrogen) atoms. The highest BCUT2D eigenvalue weighted by atomic mass is 16.1. The minimum atomic E-state index is -0.0760. The van der Waals surface area contributed by atoms with Gasteiger partial charge in [-0.25, -0.2) is 14.6 Å². The average Bonchev–Trinajstić information content (AvgIpc) is 2.74. The number of rotatable bonds is 5. The second-order valence-electron chi connectivity index (χ2n) is 6.81. The Balaban J connectivity index is 1.36. The first kappa shape index (κ1) is 18.2. The molecular formula is C20H23N7O. The lowest BCUT2D eigenvalue weighted by Crippen LogP contribution is -2.48. The van der Waals surface area contributed by atoms with E-state index >= 15 is 0 Å². The van der Waals surface area contributed by atoms with Gasteiger partial charge in [-0.05, 0) is 31.2 Å². The van der Waals surface area contributed by atoms with Crippen LogP contribution in [-0.2, 0) is 6.54 Å². The number of nitrogens with zero attached hydrogens (tertiary/aromatic N) is 7. The van der Waals surface area contributed by atoms with Crippen molar-refractivity contribution in [3.05, 3.63) is 65.1 Å². The number of pyridine rings is 1. The predicted octanol–water partition coefficient (Wildman–Crippen LogP) is 1.23. The summed E-state index contributed by atoms with van der Waals surface area (Å²) < 4.78 is 1.55. The van der Waals surface area contributed by atoms with E-state index in [9.17, 15) is 4.79 Å². The van der Waals surface area contributed by atoms with Crippen LogP contribution in [0.3, 0.4) is 0 Å². The van der Waals surface area contributed by atoms with Gasteiger partial charge in [-0.1, -0.05) is 0 Å². The fraction of sp³-hybridized carbons (Fsp3) is 0.350. The maximum Gasteiger partial charge on any atom is 0.266 e. The molecule has 8 nitrogen and oxygen atoms in total. The number of aromatic nitrogens is 5. The van der Waals surface area contributed by atoms with Gasteiger partial charge in [-0.2, -0.15) is 5.10 Å². The third-order valence-electron chi connectivity index (χ3n) is 4.93. The van der Waals surface area contributed by atoms with Gasteiger partial charge in [0, 0.05) is 62.9 Å². The molecule has 0 amide bonds. The Morgan fingerprint density at radius 1 is 0.929 bits per heavy atom. The lowest BCUT2D eigenvalue weighted by Gasteiger charge is -2.35. The summed E-state index contributed by atoms with van der Waals surface area (Å²) in [5.74, 6) is 1.77. The molecule has 1 aliphatic rings. The molecule has 0 N–H and O–H groups in total. The second-order valence-corrected chi connectivity index (χ2v) is 6.81. The van der Waals surface area contributed by atoms with Crippen molar-refractivity contribution in [3.8, 4) is 11.3 Å². The fourth-order valence-electron chi connectivity index (χ4n) is 3.34. The first-order valence-electron chi connectivity index (χ1n) is 9.44. The molecule has 0 spiro atoms. The van der Waals surface area contributed by atoms with E-state index in [-0.39, 0.29) is 5.56 Å². The Hall–Kier alpha value is -3.13. The molecule has 1 saturated heterocycles. The van der Waals surface area contributed by atoms with Crippen LogP contribution in [0.1, 0.15) is 5.82 Å². The molecule has 0 aromatic carbocycles. The molecule has 0 atom stereocenters. The van der Waals surface area contributed by atoms with Gasteiger partial charge in [0.15, 0.2) is 0 Å². The summed E-state index contributed by atoms with van der Waals surface area (Å²) in [6, 6.07) is 9.09. The molecule has 1 aliphatic heterocycles. The van der Waals surface area contributed by atoms with Crippen molar-refractivity contribution in [1.82, 2.24) is 29.6 Å². The molecule has 0 aliphatic carbocycles. The first-order valence-corrected chi connectivity index (χ1v) is 9.44. The molecule has 0 bridgehead atoms. The highest BCUT2D eigenvalue weighted by molar-refractivity contribution is 5.56. The van der Waals surface area contributed by atoms with Gasteiger partial charge < -0.3 is 4.90 Å². The average molecular weight is 377 g/mol. The van der Waals surface area contributed by atoms with Crippen LogP contribution in [-0.4, -0.2) is 62.4 Å². The highest BCUT2D eigenvalue weighted by Gasteiger charge is 2.18. The van der Waals surface area contributed by atoms with E-state index in [0.29, 0.717) is 6.54 Å². The second kappa shape index (κ2) is 8.26. The normalized spacial score (nSPS) is 15.0. The molecule has 0 unspecified atom stereocenters. The number of aryl methyl sites for hydroxylation is 1. The molecule has 0 saturated carbocycles. The third-order valence-corrected chi connectivity index (χ3v) is 4.93. The van der Waals surface area contributed by atoms with Gasteiger partial charge in [-0.15, -0.1) is 0 Å². The summed E-state index contributed by atoms with van der Waals surface area (Å²) in [4.78, 5) is 29.5. The van der Waals surface area contributed by atoms with Crippen LogP contribution in [0.15, 0.2) is 53.7 Å². The molecule has 8 heteroatoms. The number of hydrogen-bond donors (Lipinski definition) is 0. The standard InChI is InChI=1S/C20H23N7O/c1-16-22-9-6-19(23-16)26-13-10-25(11-14-26)12-15-27-20(28)3-2-18(24-27)17-4-7-21-8-5-17/h2-9H,10-15H2,1H3. The molecule has 3 aromatic rings. The quantitative estimate of drug-likeness (QED) is 0.661. The molecule has 1 fully saturated rings. The lowest BCUT2D eigenvalue weighted by molar-refractivity contribution is 0.242. The topological polar surface area (TPSA) is 80.0 Å². The minimum Gasteiger partial charge on any atom is -0.354 e. The van der Waals surface area contributed by atoms with Gasteiger partial charge in [0.05, 0.1) is 12.2 Å². The molecular weight excluding hydrogens is 354 g/mol. The largest absolute Gasteiger partial charge is 0.354 e. The number of piperazine rings is 1. The van der Waals surface area contributed by atoms with Gasteiger partial charge in [-0.3, -0.25) is 14.7 Å². The van der Waals surface area contributed by atoms with E-state index < -0.39 is 0 Å². The highest BCUT2D eigenvalue weighted by Crippen LogP contribution is 2.14. The Morgan fingerprint density at radius 2 is 1.71 bits per heavy atom. The van der Waals surface area contributed by atoms with Crippen molar-refractivity contribution in [2.75, 3.05) is 37.6 Å². The van der Waals surface area contributed by atoms with Crippen molar-refractivity contribution in [3.63, 3.8) is 0 Å². The third kappa shape index (κ3) is 4.23. The Bertz CT molecular complexity index is 981. The van der Waals surface area contributed by atoms with Crippen LogP contribution >= 0.6 is 0 Å². The number of anilines is 1. The van der Waals surface area contributed by atoms with E-state index in [4.69, 9.17) is 0 Å². The maximum atomic E-state index is 12.2. The van der Waals surface area contributed by atoms with Crippen molar-refractivity contribution < 1.29 is 0 Å². The van der Waals surface area contributed by atoms with Crippen molar-refractivity contribution in [2.45, 2.75) is 13.5 Å². The zero-order valence-corrected chi connectivity index (χ0v) is 15.9. The van der Waals surface area contributed by atoms with E-state index in [1.165, 1.54) is 0 Å². The van der Waals surface area contributed by atoms with Crippen molar-refractivity contribution >= 4 is 5.82 Å². The fourth-order valence-corrected chi connectivity index (χ4v) is 3.34. The summed E-state index contributed by atoms with van der Waals surface area (Å²) in [6.07, 6.45) is 5.26. The van der Waals surface area contributed by atoms with E-state index in [2.05, 4.69) is 29.9 Å². The van der Waals surface area contributed by atoms with E-state index in [1.807, 2.05) is 25.1 Å². The molecule has 4 heterocycles. The van der Waals surface area contributed by atoms with Crippen molar-refractivity contribution in [2.24, 2.45) is 0 Å². The smallest absolute Gasteiger partial charge is 0.266 e. The summed E-state index contributed by atoms with van der Waals surface area (Å²) in [7, 11) is 0. The predicted molar refractivity (Wildman–Crippen MR) is 107 cm³/mol. The summed E-state index contributed by atoms with van der Waals surface area (Å²) in [5, 5.41) is 4.52. The zero-order valence-electron chi connectivity index (χ0n) is 15.9. The van der Waals surface area contributed by atoms with Crippen LogP contribution in [0.25, 0.3) is 11.3 Å². The molecule has 144 valence electrons. The van der Waals surface area contributed by atoms with Crippen LogP contribution < -0.4 is 10.5 Å². The molecule has 4 rings (SSSR count). The van der Waals surface area contributed by atoms with E-state index in [0.717, 1.165) is 55.6 Å². The van der Waals surface area contributed by atoms with Gasteiger partial charge in [0.2, 0.25) is 0 Å². The van der Waals surface area contributed by atoms with Gasteiger partial charge in [0.25, 0.3) is 5.56 Å². The van der Waals surface area contributed by atoms with Crippen molar-refractivity contribution in [1.29, 1.82) is 0 Å². The summed E-state index contributed by atoms with van der Waals surface area (Å²) in [6.45, 7) is 6.97. The monoisotopic (exact) mass is 377 g/mol. The Morgan fingerprint density at radius 3 is 2.46 bits per heavy atom. The van der Waals surface area contributed by atoms with Crippen LogP contribution in [0.4, 0.5) is 5.82 Å². The van der Waals surface area contributed by atoms with Gasteiger partial charge in [0.1, 0.15) is 11.6 Å². The summed E-state index contributed by atoms with van der Waals surface area (Å²) in [5.41, 5.74) is 1.66. The van der Waals surface area contributed by atoms with Crippen LogP contribution in [0.2, 0.25) is 0 Å². The number of hydrogen-bond acceptors (Lipinski definition) is 7. The minimum absolute atomic E-state index is 0.0760. The molecule has 0 radical (unpaired) electrons. The molecule has 3 aromatic heterocycles. The maximum absolute atomic E-state index is 12.2. The van der Waals surface area contributed by atoms with Crippen LogP contribution in [0.5, 0.6) is 0 Å². The van der Waals surface area contributed by atoms with E-state index in [1.54, 1.807) is 35.4 Å². The zero-order chi connectivity index (χ0) is 19.3. The van der Waals surface area contributed by atoms with Crippen LogP contribution in [0, 0.1) is 6.92 Å². The van der Waals surface area contributed by atoms with Gasteiger partial charge >= 0.3 is 0 Å². The Labute approximate surface area is 163 Å². The Kier molecular flexibility index (Phi) is 5.38.